The van der Waals surface area contributed by atoms with Gasteiger partial charge in [0.2, 0.25) is 23.0 Å². The Morgan fingerprint density at radius 1 is 0.524 bits per heavy atom. The Hall–Kier alpha value is -12.2. The Kier molecular flexibility index (Phi) is 27.1. The molecule has 0 spiro atoms. The number of hydrogen-bond donors (Lipinski definition) is 0. The van der Waals surface area contributed by atoms with Crippen LogP contribution in [-0.2, 0) is 15.8 Å². The van der Waals surface area contributed by atoms with E-state index in [4.69, 9.17) is 24.7 Å². The molecule has 6 aromatic carbocycles. The molecule has 24 heteroatoms. The zero-order valence-electron chi connectivity index (χ0n) is 56.7. The van der Waals surface area contributed by atoms with Crippen LogP contribution >= 0.6 is 11.6 Å². The maximum Gasteiger partial charge on any atom is 0.416 e. The van der Waals surface area contributed by atoms with Gasteiger partial charge < -0.3 is 29.4 Å². The number of hydrogen-bond acceptors (Lipinski definition) is 14. The van der Waals surface area contributed by atoms with Crippen LogP contribution in [0.3, 0.4) is 0 Å². The van der Waals surface area contributed by atoms with Crippen molar-refractivity contribution in [3.8, 4) is 47.4 Å². The van der Waals surface area contributed by atoms with Crippen molar-refractivity contribution in [1.82, 2.24) is 29.6 Å². The molecule has 0 saturated carbocycles. The Balaban J connectivity index is 0.000000160. The topological polar surface area (TPSA) is 181 Å². The zero-order chi connectivity index (χ0) is 73.1. The van der Waals surface area contributed by atoms with Gasteiger partial charge >= 0.3 is 17.6 Å². The molecule has 0 radical (unpaired) electrons. The summed E-state index contributed by atoms with van der Waals surface area (Å²) in [6.07, 6.45) is -1.27. The number of rotatable bonds is 8. The van der Waals surface area contributed by atoms with Gasteiger partial charge in [-0.2, -0.15) is 13.2 Å². The molecule has 8 aromatic rings. The van der Waals surface area contributed by atoms with Crippen LogP contribution in [0.2, 0.25) is 5.02 Å². The summed E-state index contributed by atoms with van der Waals surface area (Å²) in [5.74, 6) is 23.4. The predicted molar refractivity (Wildman–Crippen MR) is 395 cm³/mol. The second-order valence-corrected chi connectivity index (χ2v) is 24.3. The number of piperazine rings is 4. The summed E-state index contributed by atoms with van der Waals surface area (Å²) >= 11 is 6.11. The Morgan fingerprint density at radius 2 is 1.01 bits per heavy atom. The maximum absolute atomic E-state index is 12.7. The van der Waals surface area contributed by atoms with Crippen LogP contribution in [0.15, 0.2) is 194 Å². The molecule has 2 atom stereocenters. The predicted octanol–water partition coefficient (Wildman–Crippen LogP) is 12.7. The van der Waals surface area contributed by atoms with Crippen molar-refractivity contribution >= 4 is 69.2 Å². The number of nitro groups is 2. The van der Waals surface area contributed by atoms with Crippen LogP contribution in [0.5, 0.6) is 0 Å². The van der Waals surface area contributed by atoms with Crippen molar-refractivity contribution in [1.29, 1.82) is 0 Å². The summed E-state index contributed by atoms with van der Waals surface area (Å²) in [4.78, 5) is 77.9. The molecule has 20 nitrogen and oxygen atoms in total. The average Bonchev–Trinajstić information content (AvgIpc) is 0.817. The quantitative estimate of drug-likeness (QED) is 0.0606. The second-order valence-electron chi connectivity index (χ2n) is 23.9. The van der Waals surface area contributed by atoms with E-state index < -0.39 is 21.6 Å². The molecule has 4 fully saturated rings. The molecule has 522 valence electrons. The monoisotopic (exact) mass is 1400 g/mol. The number of para-hydroxylation sites is 4. The number of benzene rings is 6. The van der Waals surface area contributed by atoms with E-state index in [2.05, 4.69) is 86.6 Å². The number of amides is 2. The highest BCUT2D eigenvalue weighted by molar-refractivity contribution is 6.31. The fraction of sp³-hybridized carbons (Fsp3) is 0.266. The van der Waals surface area contributed by atoms with Gasteiger partial charge in [-0.25, -0.2) is 19.7 Å². The van der Waals surface area contributed by atoms with Gasteiger partial charge in [0, 0.05) is 174 Å². The SMILES string of the molecule is CC1CN(C(=O)C#Cc2ccccc2)CCN1c1ncccc1[N+](=O)[O-].CC1CN(c2ncccc2[N+](=O)[O-])CCN1C(=O)C#Cc1ccccc1.[C-]#[N+]c1ccccc1N1CCN(CC#Cc2cccc(C(F)(F)F)c2)CC1.[C-]#[N+]c1ccccc1N1CCN(CC#Cc2ccccc2Cl)CC1. The lowest BCUT2D eigenvalue weighted by Gasteiger charge is -2.39. The third-order valence-electron chi connectivity index (χ3n) is 17.0. The van der Waals surface area contributed by atoms with Gasteiger partial charge in [0.05, 0.1) is 46.7 Å². The number of carbonyl (C=O) groups is 2. The Labute approximate surface area is 602 Å². The van der Waals surface area contributed by atoms with E-state index in [0.29, 0.717) is 73.7 Å². The smallest absolute Gasteiger partial charge is 0.378 e. The van der Waals surface area contributed by atoms with E-state index in [1.807, 2.05) is 157 Å². The molecular formula is C79H72ClF3N14O6. The molecule has 6 heterocycles. The molecule has 2 amide bonds. The number of nitrogens with zero attached hydrogens (tertiary/aromatic N) is 14. The van der Waals surface area contributed by atoms with E-state index in [1.165, 1.54) is 30.6 Å². The normalized spacial score (nSPS) is 15.7. The molecule has 2 aromatic heterocycles. The summed E-state index contributed by atoms with van der Waals surface area (Å²) in [5, 5.41) is 23.1. The third kappa shape index (κ3) is 21.6. The fourth-order valence-corrected chi connectivity index (χ4v) is 11.8. The van der Waals surface area contributed by atoms with E-state index in [-0.39, 0.29) is 35.3 Å². The van der Waals surface area contributed by atoms with Gasteiger partial charge in [-0.15, -0.1) is 0 Å². The first kappa shape index (κ1) is 75.0. The van der Waals surface area contributed by atoms with E-state index in [1.54, 1.807) is 28.0 Å². The number of aromatic nitrogens is 2. The summed E-state index contributed by atoms with van der Waals surface area (Å²) in [6, 6.07) is 52.5. The van der Waals surface area contributed by atoms with Crippen molar-refractivity contribution in [2.45, 2.75) is 32.1 Å². The van der Waals surface area contributed by atoms with Crippen LogP contribution in [0.4, 0.5) is 58.9 Å². The summed E-state index contributed by atoms with van der Waals surface area (Å²) in [7, 11) is 0. The fourth-order valence-electron chi connectivity index (χ4n) is 11.7. The molecule has 0 bridgehead atoms. The molecule has 0 aliphatic carbocycles. The zero-order valence-corrected chi connectivity index (χ0v) is 57.4. The molecule has 12 rings (SSSR count). The van der Waals surface area contributed by atoms with Crippen LogP contribution in [0.25, 0.3) is 9.69 Å². The van der Waals surface area contributed by atoms with Crippen LogP contribution < -0.4 is 19.6 Å². The number of pyridine rings is 2. The van der Waals surface area contributed by atoms with Crippen LogP contribution in [0, 0.1) is 80.7 Å². The molecule has 4 aliphatic heterocycles. The lowest BCUT2D eigenvalue weighted by molar-refractivity contribution is -0.384. The summed E-state index contributed by atoms with van der Waals surface area (Å²) < 4.78 is 38.2. The van der Waals surface area contributed by atoms with Crippen LogP contribution in [0.1, 0.15) is 41.7 Å². The molecule has 103 heavy (non-hydrogen) atoms. The Morgan fingerprint density at radius 3 is 1.53 bits per heavy atom. The molecule has 4 saturated heterocycles. The number of halogens is 4. The van der Waals surface area contributed by atoms with Crippen molar-refractivity contribution in [2.24, 2.45) is 0 Å². The largest absolute Gasteiger partial charge is 0.416 e. The lowest BCUT2D eigenvalue weighted by atomic mass is 10.1. The first-order valence-corrected chi connectivity index (χ1v) is 33.5. The summed E-state index contributed by atoms with van der Waals surface area (Å²) in [5.41, 5.74) is 5.45. The standard InChI is InChI=1S/C21H18F3N3.C20H18ClN3.2C19H18N4O3/c1-25-19-9-2-3-10-20(19)27-14-12-26(13-15-27)11-5-7-17-6-4-8-18(16-17)21(22,23)24;1-22-19-10-4-5-11-20(19)24-15-13-23(14-16-24)12-6-8-17-7-2-3-9-18(17)21;1-15-14-21(19-17(23(25)26)8-5-11-20-19)12-13-22(15)18(24)10-9-16-6-3-2-4-7-16;1-15-14-21(18(24)10-9-16-6-3-2-4-7-16)12-13-22(15)19-17(23(25)26)8-5-11-20-19/h2-4,6,8-10,16H,11-15H2;2-5,7,9-11H,12-16H2;2*2-8,11,15H,12-14H2,1H3. The van der Waals surface area contributed by atoms with E-state index >= 15 is 0 Å². The third-order valence-corrected chi connectivity index (χ3v) is 17.4. The van der Waals surface area contributed by atoms with Gasteiger partial charge in [0.25, 0.3) is 11.8 Å². The van der Waals surface area contributed by atoms with Gasteiger partial charge in [0.15, 0.2) is 0 Å². The molecule has 2 unspecified atom stereocenters. The maximum atomic E-state index is 12.7. The second kappa shape index (κ2) is 37.3. The highest BCUT2D eigenvalue weighted by Gasteiger charge is 2.34. The van der Waals surface area contributed by atoms with E-state index in [0.717, 1.165) is 105 Å². The number of anilines is 4. The van der Waals surface area contributed by atoms with Crippen molar-refractivity contribution < 1.29 is 32.6 Å². The lowest BCUT2D eigenvalue weighted by Crippen LogP contribution is -2.54. The molecule has 4 aliphatic rings. The first-order valence-electron chi connectivity index (χ1n) is 33.1. The van der Waals surface area contributed by atoms with Crippen molar-refractivity contribution in [3.63, 3.8) is 0 Å². The molecule has 0 N–H and O–H groups in total. The van der Waals surface area contributed by atoms with Crippen molar-refractivity contribution in [2.75, 3.05) is 124 Å². The highest BCUT2D eigenvalue weighted by Crippen LogP contribution is 2.33. The van der Waals surface area contributed by atoms with Gasteiger partial charge in [-0.3, -0.25) is 39.6 Å². The van der Waals surface area contributed by atoms with Gasteiger partial charge in [-0.1, -0.05) is 138 Å². The average molecular weight is 1410 g/mol. The Bertz CT molecular complexity index is 4630. The number of alkyl halides is 3. The minimum atomic E-state index is -4.35. The van der Waals surface area contributed by atoms with E-state index in [9.17, 15) is 43.0 Å². The van der Waals surface area contributed by atoms with Crippen molar-refractivity contribution in [3.05, 3.63) is 270 Å². The number of carbonyl (C=O) groups excluding carboxylic acids is 2. The minimum Gasteiger partial charge on any atom is -0.378 e. The minimum absolute atomic E-state index is 0.0247. The molecular weight excluding hydrogens is 1330 g/mol. The van der Waals surface area contributed by atoms with Gasteiger partial charge in [-0.05, 0) is 92.7 Å². The van der Waals surface area contributed by atoms with Crippen LogP contribution in [-0.4, -0.2) is 168 Å². The first-order chi connectivity index (χ1) is 49.9. The highest BCUT2D eigenvalue weighted by atomic mass is 35.5. The van der Waals surface area contributed by atoms with Gasteiger partial charge in [0.1, 0.15) is 0 Å². The summed E-state index contributed by atoms with van der Waals surface area (Å²) in [6.45, 7) is 29.3.